The number of esters is 4. The van der Waals surface area contributed by atoms with E-state index in [4.69, 9.17) is 37.0 Å². The quantitative estimate of drug-likeness (QED) is 0.0169. The van der Waals surface area contributed by atoms with Crippen LogP contribution in [0.25, 0.3) is 0 Å². The lowest BCUT2D eigenvalue weighted by Crippen LogP contribution is -2.30. The van der Waals surface area contributed by atoms with Crippen molar-refractivity contribution in [1.29, 1.82) is 0 Å². The number of phosphoric ester groups is 2. The monoisotopic (exact) mass is 1360 g/mol. The minimum atomic E-state index is -4.98. The third-order valence-electron chi connectivity index (χ3n) is 15.0. The maximum atomic E-state index is 13.0. The summed E-state index contributed by atoms with van der Waals surface area (Å²) >= 11 is 0. The van der Waals surface area contributed by atoms with Crippen LogP contribution in [0.15, 0.2) is 97.2 Å². The van der Waals surface area contributed by atoms with Crippen molar-refractivity contribution in [3.05, 3.63) is 97.2 Å². The van der Waals surface area contributed by atoms with Crippen molar-refractivity contribution in [2.24, 2.45) is 0 Å². The number of hydrogen-bond acceptors (Lipinski definition) is 15. The molecule has 0 radical (unpaired) electrons. The van der Waals surface area contributed by atoms with Gasteiger partial charge in [0.05, 0.1) is 26.4 Å². The molecule has 94 heavy (non-hydrogen) atoms. The highest BCUT2D eigenvalue weighted by Crippen LogP contribution is 2.45. The fourth-order valence-electron chi connectivity index (χ4n) is 9.45. The minimum absolute atomic E-state index is 0.0659. The van der Waals surface area contributed by atoms with Gasteiger partial charge in [-0.15, -0.1) is 0 Å². The van der Waals surface area contributed by atoms with Crippen molar-refractivity contribution in [2.75, 3.05) is 39.6 Å². The zero-order chi connectivity index (χ0) is 69.0. The highest BCUT2D eigenvalue weighted by Gasteiger charge is 2.30. The molecule has 3 N–H and O–H groups in total. The molecule has 19 heteroatoms. The average Bonchev–Trinajstić information content (AvgIpc) is 2.15. The molecule has 0 aromatic rings. The van der Waals surface area contributed by atoms with E-state index in [1.54, 1.807) is 0 Å². The molecule has 17 nitrogen and oxygen atoms in total. The molecule has 0 heterocycles. The highest BCUT2D eigenvalue weighted by molar-refractivity contribution is 7.47. The van der Waals surface area contributed by atoms with Crippen molar-refractivity contribution in [3.8, 4) is 0 Å². The highest BCUT2D eigenvalue weighted by atomic mass is 31.2. The van der Waals surface area contributed by atoms with E-state index in [1.807, 2.05) is 12.2 Å². The van der Waals surface area contributed by atoms with Crippen LogP contribution in [0.3, 0.4) is 0 Å². The van der Waals surface area contributed by atoms with Crippen molar-refractivity contribution in [2.45, 2.75) is 316 Å². The number of aliphatic hydroxyl groups excluding tert-OH is 1. The summed E-state index contributed by atoms with van der Waals surface area (Å²) < 4.78 is 68.2. The standard InChI is InChI=1S/C75H130O17P2/c1-5-9-13-17-21-25-29-32-33-34-35-38-41-44-48-52-56-60-73(78)86-66-71(92-75(80)62-58-54-50-46-42-37-31-27-23-19-15-11-7-3)68-90-94(83,84)88-64-69(76)63-87-93(81,82)89-67-70(91-74(79)61-57-53-49-45-39-28-24-20-16-12-8-4)65-85-72(77)59-55-51-47-43-40-36-30-26-22-18-14-10-6-2/h9,13,15,19-21,24-25,27,31-33,35,38,44,48,69-71,76H,5-8,10-12,14,16-18,22-23,26,28-30,34,36-37,39-43,45-47,49-68H2,1-4H3,(H,81,82)(H,83,84)/b13-9-,19-15-,24-20-,25-21-,31-27-,33-32-,38-35-,48-44-. The first-order valence-electron chi connectivity index (χ1n) is 36.5. The third-order valence-corrected chi connectivity index (χ3v) is 16.9. The topological polar surface area (TPSA) is 237 Å². The van der Waals surface area contributed by atoms with Gasteiger partial charge in [0.2, 0.25) is 0 Å². The Balaban J connectivity index is 5.37. The van der Waals surface area contributed by atoms with Crippen molar-refractivity contribution in [3.63, 3.8) is 0 Å². The molecule has 0 aromatic heterocycles. The summed E-state index contributed by atoms with van der Waals surface area (Å²) in [6, 6.07) is 0. The van der Waals surface area contributed by atoms with Crippen LogP contribution in [0, 0.1) is 0 Å². The molecule has 0 spiro atoms. The van der Waals surface area contributed by atoms with Crippen LogP contribution >= 0.6 is 15.6 Å². The van der Waals surface area contributed by atoms with Crippen LogP contribution in [0.1, 0.15) is 297 Å². The van der Waals surface area contributed by atoms with Crippen LogP contribution in [-0.2, 0) is 65.4 Å². The van der Waals surface area contributed by atoms with E-state index in [0.717, 1.165) is 141 Å². The van der Waals surface area contributed by atoms with E-state index >= 15 is 0 Å². The second-order valence-electron chi connectivity index (χ2n) is 24.2. The van der Waals surface area contributed by atoms with Gasteiger partial charge in [-0.25, -0.2) is 9.13 Å². The second kappa shape index (κ2) is 67.5. The third kappa shape index (κ3) is 66.6. The lowest BCUT2D eigenvalue weighted by Gasteiger charge is -2.21. The van der Waals surface area contributed by atoms with Crippen LogP contribution in [-0.4, -0.2) is 96.7 Å². The molecule has 5 unspecified atom stereocenters. The van der Waals surface area contributed by atoms with Gasteiger partial charge in [-0.1, -0.05) is 260 Å². The molecule has 0 aromatic carbocycles. The molecule has 0 bridgehead atoms. The molecule has 5 atom stereocenters. The van der Waals surface area contributed by atoms with Gasteiger partial charge in [-0.2, -0.15) is 0 Å². The summed E-state index contributed by atoms with van der Waals surface area (Å²) in [7, 11) is -9.95. The number of ether oxygens (including phenoxy) is 4. The van der Waals surface area contributed by atoms with Gasteiger partial charge in [-0.3, -0.25) is 37.3 Å². The summed E-state index contributed by atoms with van der Waals surface area (Å²) in [4.78, 5) is 72.6. The predicted octanol–water partition coefficient (Wildman–Crippen LogP) is 20.4. The minimum Gasteiger partial charge on any atom is -0.462 e. The summed E-state index contributed by atoms with van der Waals surface area (Å²) in [6.45, 7) is 4.56. The molecule has 0 amide bonds. The lowest BCUT2D eigenvalue weighted by molar-refractivity contribution is -0.161. The number of allylic oxidation sites excluding steroid dienone is 16. The van der Waals surface area contributed by atoms with E-state index in [1.165, 1.54) is 70.6 Å². The van der Waals surface area contributed by atoms with Crippen LogP contribution in [0.2, 0.25) is 0 Å². The number of unbranched alkanes of at least 4 members (excludes halogenated alkanes) is 26. The number of hydrogen-bond donors (Lipinski definition) is 3. The molecule has 0 saturated heterocycles. The normalized spacial score (nSPS) is 14.6. The first-order chi connectivity index (χ1) is 45.7. The molecule has 0 aliphatic rings. The Bertz CT molecular complexity index is 2170. The Morgan fingerprint density at radius 3 is 0.979 bits per heavy atom. The average molecular weight is 1370 g/mol. The van der Waals surface area contributed by atoms with Crippen LogP contribution < -0.4 is 0 Å². The number of carbonyl (C=O) groups is 4. The van der Waals surface area contributed by atoms with Gasteiger partial charge < -0.3 is 33.8 Å². The zero-order valence-corrected chi connectivity index (χ0v) is 60.7. The van der Waals surface area contributed by atoms with Crippen molar-refractivity contribution < 1.29 is 80.2 Å². The van der Waals surface area contributed by atoms with Gasteiger partial charge in [0, 0.05) is 25.7 Å². The van der Waals surface area contributed by atoms with Crippen LogP contribution in [0.5, 0.6) is 0 Å². The maximum Gasteiger partial charge on any atom is 0.472 e. The van der Waals surface area contributed by atoms with E-state index in [-0.39, 0.29) is 25.7 Å². The molecule has 0 saturated carbocycles. The fraction of sp³-hybridized carbons (Fsp3) is 0.733. The molecular weight excluding hydrogens is 1230 g/mol. The fourth-order valence-corrected chi connectivity index (χ4v) is 11.0. The molecule has 0 aliphatic carbocycles. The van der Waals surface area contributed by atoms with Gasteiger partial charge in [0.1, 0.15) is 19.3 Å². The largest absolute Gasteiger partial charge is 0.472 e. The van der Waals surface area contributed by atoms with Crippen molar-refractivity contribution >= 4 is 39.5 Å². The molecule has 542 valence electrons. The predicted molar refractivity (Wildman–Crippen MR) is 381 cm³/mol. The van der Waals surface area contributed by atoms with E-state index in [0.29, 0.717) is 32.1 Å². The number of carbonyl (C=O) groups excluding carboxylic acids is 4. The lowest BCUT2D eigenvalue weighted by atomic mass is 10.0. The summed E-state index contributed by atoms with van der Waals surface area (Å²) in [5.74, 6) is -2.26. The Morgan fingerprint density at radius 2 is 0.596 bits per heavy atom. The second-order valence-corrected chi connectivity index (χ2v) is 27.1. The smallest absolute Gasteiger partial charge is 0.462 e. The Labute approximate surface area is 569 Å². The number of aliphatic hydroxyl groups is 1. The van der Waals surface area contributed by atoms with Crippen molar-refractivity contribution in [1.82, 2.24) is 0 Å². The number of rotatable bonds is 68. The van der Waals surface area contributed by atoms with Gasteiger partial charge in [-0.05, 0) is 109 Å². The maximum absolute atomic E-state index is 13.0. The molecule has 0 fully saturated rings. The van der Waals surface area contributed by atoms with E-state index < -0.39 is 97.5 Å². The van der Waals surface area contributed by atoms with Gasteiger partial charge in [0.25, 0.3) is 0 Å². The summed E-state index contributed by atoms with van der Waals surface area (Å²) in [5.41, 5.74) is 0. The zero-order valence-electron chi connectivity index (χ0n) is 58.9. The number of phosphoric acid groups is 2. The Kier molecular flexibility index (Phi) is 64.7. The molecule has 0 rings (SSSR count). The van der Waals surface area contributed by atoms with E-state index in [9.17, 15) is 43.2 Å². The summed E-state index contributed by atoms with van der Waals surface area (Å²) in [6.07, 6.45) is 68.5. The first-order valence-corrected chi connectivity index (χ1v) is 39.5. The Hall–Kier alpha value is -4.02. The molecular formula is C75H130O17P2. The van der Waals surface area contributed by atoms with Crippen LogP contribution in [0.4, 0.5) is 0 Å². The first kappa shape index (κ1) is 90.0. The van der Waals surface area contributed by atoms with Gasteiger partial charge >= 0.3 is 39.5 Å². The SMILES string of the molecule is CC/C=C\C/C=C\C/C=C\C/C=C\C/C=C\CCCC(=O)OCC(COP(=O)(O)OCC(O)COP(=O)(O)OCC(COC(=O)CCCCCCCCCCCCCCC)OC(=O)CCCCCCC/C=C\CCCC)OC(=O)CCCCCCC/C=C\C/C=C\CCC. The van der Waals surface area contributed by atoms with E-state index in [2.05, 4.69) is 113 Å². The van der Waals surface area contributed by atoms with Gasteiger partial charge in [0.15, 0.2) is 12.2 Å². The molecule has 0 aliphatic heterocycles. The summed E-state index contributed by atoms with van der Waals surface area (Å²) in [5, 5.41) is 10.6. The Morgan fingerprint density at radius 1 is 0.309 bits per heavy atom.